The standard InChI is InChI=1S/C57H47NO3Si2/c1-59-43-26-24-42(25-27-43)58-56-38-36-52(62(46-16-8-4-9-17-46,47-18-10-5-11-19-47)50-32-28-44(60-2)29-33-50)40-54(56)55-41-53(37-39-57(55)58)63(48-20-12-6-13-21-48,49-22-14-7-15-23-49)51-34-30-45(61-3)31-35-51/h4-41H,1-3H3. The van der Waals surface area contributed by atoms with Crippen molar-refractivity contribution in [1.82, 2.24) is 4.57 Å². The molecule has 0 saturated heterocycles. The molecule has 0 N–H and O–H groups in total. The lowest BCUT2D eigenvalue weighted by atomic mass is 10.1. The van der Waals surface area contributed by atoms with E-state index in [1.165, 1.54) is 52.3 Å². The number of hydrogen-bond acceptors (Lipinski definition) is 3. The van der Waals surface area contributed by atoms with Crippen molar-refractivity contribution in [2.45, 2.75) is 0 Å². The largest absolute Gasteiger partial charge is 0.497 e. The molecule has 10 aromatic rings. The van der Waals surface area contributed by atoms with E-state index in [0.717, 1.165) is 34.0 Å². The topological polar surface area (TPSA) is 32.6 Å². The fourth-order valence-electron chi connectivity index (χ4n) is 9.93. The molecular weight excluding hydrogens is 803 g/mol. The van der Waals surface area contributed by atoms with Gasteiger partial charge in [-0.15, -0.1) is 0 Å². The van der Waals surface area contributed by atoms with Crippen LogP contribution in [0.2, 0.25) is 0 Å². The highest BCUT2D eigenvalue weighted by Crippen LogP contribution is 2.33. The van der Waals surface area contributed by atoms with Crippen molar-refractivity contribution in [2.24, 2.45) is 0 Å². The Morgan fingerprint density at radius 3 is 0.857 bits per heavy atom. The summed E-state index contributed by atoms with van der Waals surface area (Å²) in [5.74, 6) is 2.51. The Bertz CT molecular complexity index is 2870. The number of fused-ring (bicyclic) bond motifs is 3. The minimum Gasteiger partial charge on any atom is -0.497 e. The molecule has 0 aliphatic carbocycles. The molecule has 1 heterocycles. The highest BCUT2D eigenvalue weighted by molar-refractivity contribution is 7.20. The van der Waals surface area contributed by atoms with Gasteiger partial charge in [-0.1, -0.05) is 170 Å². The predicted molar refractivity (Wildman–Crippen MR) is 268 cm³/mol. The molecule has 1 aromatic heterocycles. The van der Waals surface area contributed by atoms with Gasteiger partial charge >= 0.3 is 0 Å². The summed E-state index contributed by atoms with van der Waals surface area (Å²) in [5, 5.41) is 12.9. The van der Waals surface area contributed by atoms with E-state index in [4.69, 9.17) is 14.2 Å². The first kappa shape index (κ1) is 39.7. The Labute approximate surface area is 371 Å². The fraction of sp³-hybridized carbons (Fsp3) is 0.0526. The van der Waals surface area contributed by atoms with Crippen LogP contribution in [-0.2, 0) is 0 Å². The van der Waals surface area contributed by atoms with E-state index in [1.54, 1.807) is 21.3 Å². The number of benzene rings is 9. The van der Waals surface area contributed by atoms with E-state index in [2.05, 4.69) is 235 Å². The molecule has 0 atom stereocenters. The number of methoxy groups -OCH3 is 3. The summed E-state index contributed by atoms with van der Waals surface area (Å²) in [6.45, 7) is 0. The summed E-state index contributed by atoms with van der Waals surface area (Å²) < 4.78 is 19.5. The van der Waals surface area contributed by atoms with Crippen molar-refractivity contribution < 1.29 is 14.2 Å². The van der Waals surface area contributed by atoms with Gasteiger partial charge in [0.1, 0.15) is 17.2 Å². The zero-order valence-electron chi connectivity index (χ0n) is 35.6. The summed E-state index contributed by atoms with van der Waals surface area (Å²) >= 11 is 0. The molecule has 10 rings (SSSR count). The third kappa shape index (κ3) is 6.66. The zero-order chi connectivity index (χ0) is 42.8. The monoisotopic (exact) mass is 849 g/mol. The number of nitrogens with zero attached hydrogens (tertiary/aromatic N) is 1. The molecule has 306 valence electrons. The summed E-state index contributed by atoms with van der Waals surface area (Å²) in [6, 6.07) is 85.0. The van der Waals surface area contributed by atoms with Gasteiger partial charge in [-0.2, -0.15) is 0 Å². The average molecular weight is 850 g/mol. The fourth-order valence-corrected chi connectivity index (χ4v) is 19.4. The van der Waals surface area contributed by atoms with Crippen LogP contribution in [0.5, 0.6) is 17.2 Å². The van der Waals surface area contributed by atoms with Crippen LogP contribution in [0.4, 0.5) is 0 Å². The van der Waals surface area contributed by atoms with Crippen LogP contribution in [0.1, 0.15) is 0 Å². The predicted octanol–water partition coefficient (Wildman–Crippen LogP) is 7.56. The minimum atomic E-state index is -2.92. The van der Waals surface area contributed by atoms with Crippen LogP contribution in [0.15, 0.2) is 231 Å². The highest BCUT2D eigenvalue weighted by atomic mass is 28.3. The second-order valence-corrected chi connectivity index (χ2v) is 23.5. The molecular formula is C57H47NO3Si2. The quantitative estimate of drug-likeness (QED) is 0.0941. The first-order valence-electron chi connectivity index (χ1n) is 21.3. The summed E-state index contributed by atoms with van der Waals surface area (Å²) in [5.41, 5.74) is 3.36. The molecule has 0 unspecified atom stereocenters. The summed E-state index contributed by atoms with van der Waals surface area (Å²) in [6.07, 6.45) is 0. The zero-order valence-corrected chi connectivity index (χ0v) is 37.6. The van der Waals surface area contributed by atoms with Crippen molar-refractivity contribution in [1.29, 1.82) is 0 Å². The van der Waals surface area contributed by atoms with Gasteiger partial charge in [0, 0.05) is 16.5 Å². The molecule has 0 aliphatic heterocycles. The Kier molecular flexibility index (Phi) is 10.6. The van der Waals surface area contributed by atoms with Gasteiger partial charge in [0.25, 0.3) is 0 Å². The van der Waals surface area contributed by atoms with Gasteiger partial charge in [0.15, 0.2) is 16.1 Å². The van der Waals surface area contributed by atoms with Crippen LogP contribution >= 0.6 is 0 Å². The van der Waals surface area contributed by atoms with E-state index in [1.807, 2.05) is 0 Å². The lowest BCUT2D eigenvalue weighted by molar-refractivity contribution is 0.414. The molecule has 0 amide bonds. The number of ether oxygens (including phenoxy) is 3. The van der Waals surface area contributed by atoms with E-state index in [0.29, 0.717) is 0 Å². The third-order valence-corrected chi connectivity index (χ3v) is 22.4. The molecule has 6 heteroatoms. The van der Waals surface area contributed by atoms with E-state index >= 15 is 0 Å². The smallest absolute Gasteiger partial charge is 0.179 e. The normalized spacial score (nSPS) is 11.7. The number of aromatic nitrogens is 1. The lowest BCUT2D eigenvalue weighted by Crippen LogP contribution is -2.74. The molecule has 4 nitrogen and oxygen atoms in total. The first-order chi connectivity index (χ1) is 31.1. The first-order valence-corrected chi connectivity index (χ1v) is 25.3. The maximum absolute atomic E-state index is 5.71. The molecule has 0 saturated carbocycles. The van der Waals surface area contributed by atoms with Gasteiger partial charge in [-0.3, -0.25) is 0 Å². The van der Waals surface area contributed by atoms with Gasteiger partial charge in [0.05, 0.1) is 32.4 Å². The lowest BCUT2D eigenvalue weighted by Gasteiger charge is -2.35. The van der Waals surface area contributed by atoms with Crippen LogP contribution in [0.3, 0.4) is 0 Å². The third-order valence-electron chi connectivity index (χ3n) is 12.8. The van der Waals surface area contributed by atoms with Crippen molar-refractivity contribution in [3.8, 4) is 22.9 Å². The van der Waals surface area contributed by atoms with Crippen molar-refractivity contribution in [3.05, 3.63) is 231 Å². The van der Waals surface area contributed by atoms with E-state index < -0.39 is 16.1 Å². The van der Waals surface area contributed by atoms with Crippen LogP contribution in [0, 0.1) is 0 Å². The SMILES string of the molecule is COc1ccc(-n2c3ccc([Si](c4ccccc4)(c4ccccc4)c4ccc(OC)cc4)cc3c3cc([Si](c4ccccc4)(c4ccccc4)c4ccc(OC)cc4)ccc32)cc1. The molecule has 9 aromatic carbocycles. The van der Waals surface area contributed by atoms with Crippen LogP contribution in [0.25, 0.3) is 27.5 Å². The van der Waals surface area contributed by atoms with E-state index in [9.17, 15) is 0 Å². The summed E-state index contributed by atoms with van der Waals surface area (Å²) in [4.78, 5) is 0. The molecule has 0 bridgehead atoms. The number of hydrogen-bond donors (Lipinski definition) is 0. The maximum Gasteiger partial charge on any atom is 0.179 e. The van der Waals surface area contributed by atoms with Gasteiger partial charge < -0.3 is 18.8 Å². The Balaban J connectivity index is 1.33. The average Bonchev–Trinajstić information content (AvgIpc) is 3.69. The van der Waals surface area contributed by atoms with Crippen molar-refractivity contribution in [2.75, 3.05) is 21.3 Å². The maximum atomic E-state index is 5.71. The van der Waals surface area contributed by atoms with Gasteiger partial charge in [0.2, 0.25) is 0 Å². The van der Waals surface area contributed by atoms with Crippen molar-refractivity contribution in [3.63, 3.8) is 0 Å². The Morgan fingerprint density at radius 2 is 0.556 bits per heavy atom. The second kappa shape index (κ2) is 16.8. The molecule has 63 heavy (non-hydrogen) atoms. The van der Waals surface area contributed by atoms with Crippen molar-refractivity contribution >= 4 is 79.4 Å². The van der Waals surface area contributed by atoms with Gasteiger partial charge in [-0.05, 0) is 102 Å². The second-order valence-electron chi connectivity index (χ2n) is 15.9. The molecule has 0 aliphatic rings. The number of rotatable bonds is 12. The molecule has 0 fully saturated rings. The molecule has 0 radical (unpaired) electrons. The Hall–Kier alpha value is -7.39. The summed E-state index contributed by atoms with van der Waals surface area (Å²) in [7, 11) is -0.666. The van der Waals surface area contributed by atoms with Crippen LogP contribution < -0.4 is 55.7 Å². The van der Waals surface area contributed by atoms with Gasteiger partial charge in [-0.25, -0.2) is 0 Å². The minimum absolute atomic E-state index is 0.825. The molecule has 0 spiro atoms. The Morgan fingerprint density at radius 1 is 0.286 bits per heavy atom. The van der Waals surface area contributed by atoms with E-state index in [-0.39, 0.29) is 0 Å². The highest BCUT2D eigenvalue weighted by Gasteiger charge is 2.43. The van der Waals surface area contributed by atoms with Crippen LogP contribution in [-0.4, -0.2) is 42.0 Å².